The minimum atomic E-state index is -1.21. The third kappa shape index (κ3) is 3.47. The topological polar surface area (TPSA) is 75.5 Å². The summed E-state index contributed by atoms with van der Waals surface area (Å²) in [6.07, 6.45) is 1.65. The molecule has 1 fully saturated rings. The van der Waals surface area contributed by atoms with Gasteiger partial charge >= 0.3 is 5.97 Å². The van der Waals surface area contributed by atoms with Crippen LogP contribution in [0.5, 0.6) is 5.75 Å². The van der Waals surface area contributed by atoms with Crippen molar-refractivity contribution in [3.8, 4) is 5.75 Å². The van der Waals surface area contributed by atoms with E-state index < -0.39 is 11.6 Å². The Hall–Kier alpha value is -2.67. The first kappa shape index (κ1) is 17.7. The van der Waals surface area contributed by atoms with Crippen LogP contribution in [0.25, 0.3) is 10.8 Å². The van der Waals surface area contributed by atoms with Gasteiger partial charge in [0.25, 0.3) is 0 Å². The van der Waals surface area contributed by atoms with Crippen LogP contribution >= 0.6 is 11.3 Å². The fourth-order valence-electron chi connectivity index (χ4n) is 3.39. The quantitative estimate of drug-likeness (QED) is 0.723. The number of aromatic nitrogens is 2. The number of hydrogen-bond acceptors (Lipinski definition) is 6. The number of aryl methyl sites for hydroxylation is 1. The molecule has 0 amide bonds. The molecule has 1 aliphatic rings. The standard InChI is InChI=1S/C20H21N3O3S/c1-2-17-21-22-19(27-17)23-11-9-20(10-12-23,18(24)25)26-16-8-7-14-5-3-4-6-15(14)13-16/h3-8,13H,2,9-12H2,1H3,(H,24,25). The maximum absolute atomic E-state index is 12.1. The van der Waals surface area contributed by atoms with Crippen LogP contribution in [0, 0.1) is 0 Å². The molecule has 2 aromatic carbocycles. The van der Waals surface area contributed by atoms with E-state index in [9.17, 15) is 9.90 Å². The number of anilines is 1. The number of aliphatic carboxylic acids is 1. The van der Waals surface area contributed by atoms with Crippen LogP contribution in [0.1, 0.15) is 24.8 Å². The van der Waals surface area contributed by atoms with Crippen LogP contribution in [-0.2, 0) is 11.2 Å². The highest BCUT2D eigenvalue weighted by Gasteiger charge is 2.44. The molecule has 1 aliphatic heterocycles. The Kier molecular flexibility index (Phi) is 4.70. The summed E-state index contributed by atoms with van der Waals surface area (Å²) in [6, 6.07) is 13.7. The van der Waals surface area contributed by atoms with Gasteiger partial charge in [0.15, 0.2) is 0 Å². The lowest BCUT2D eigenvalue weighted by atomic mass is 9.91. The van der Waals surface area contributed by atoms with Gasteiger partial charge in [-0.15, -0.1) is 10.2 Å². The largest absolute Gasteiger partial charge is 0.478 e. The lowest BCUT2D eigenvalue weighted by Crippen LogP contribution is -2.53. The fraction of sp³-hybridized carbons (Fsp3) is 0.350. The number of fused-ring (bicyclic) bond motifs is 1. The molecule has 0 atom stereocenters. The summed E-state index contributed by atoms with van der Waals surface area (Å²) >= 11 is 1.57. The molecule has 2 heterocycles. The summed E-state index contributed by atoms with van der Waals surface area (Å²) in [5, 5.41) is 22.3. The van der Waals surface area contributed by atoms with E-state index in [4.69, 9.17) is 4.74 Å². The zero-order chi connectivity index (χ0) is 18.9. The summed E-state index contributed by atoms with van der Waals surface area (Å²) in [4.78, 5) is 14.2. The highest BCUT2D eigenvalue weighted by atomic mass is 32.1. The molecular weight excluding hydrogens is 362 g/mol. The molecule has 27 heavy (non-hydrogen) atoms. The van der Waals surface area contributed by atoms with E-state index in [2.05, 4.69) is 15.1 Å². The van der Waals surface area contributed by atoms with Crippen molar-refractivity contribution in [1.29, 1.82) is 0 Å². The fourth-order valence-corrected chi connectivity index (χ4v) is 4.22. The Morgan fingerprint density at radius 1 is 1.19 bits per heavy atom. The predicted molar refractivity (Wildman–Crippen MR) is 106 cm³/mol. The summed E-state index contributed by atoms with van der Waals surface area (Å²) < 4.78 is 6.06. The van der Waals surface area contributed by atoms with Crippen LogP contribution in [0.4, 0.5) is 5.13 Å². The molecule has 0 radical (unpaired) electrons. The Morgan fingerprint density at radius 3 is 2.59 bits per heavy atom. The van der Waals surface area contributed by atoms with Gasteiger partial charge in [-0.1, -0.05) is 48.6 Å². The summed E-state index contributed by atoms with van der Waals surface area (Å²) in [7, 11) is 0. The van der Waals surface area contributed by atoms with Crippen molar-refractivity contribution in [1.82, 2.24) is 10.2 Å². The summed E-state index contributed by atoms with van der Waals surface area (Å²) in [5.41, 5.74) is -1.21. The molecule has 7 heteroatoms. The van der Waals surface area contributed by atoms with Gasteiger partial charge in [0, 0.05) is 25.9 Å². The second kappa shape index (κ2) is 7.15. The average Bonchev–Trinajstić information content (AvgIpc) is 3.17. The lowest BCUT2D eigenvalue weighted by molar-refractivity contribution is -0.157. The molecule has 1 aromatic heterocycles. The number of carboxylic acid groups (broad SMARTS) is 1. The third-order valence-electron chi connectivity index (χ3n) is 5.02. The Morgan fingerprint density at radius 2 is 1.93 bits per heavy atom. The number of nitrogens with zero attached hydrogens (tertiary/aromatic N) is 3. The Bertz CT molecular complexity index is 964. The molecule has 1 N–H and O–H groups in total. The molecule has 4 rings (SSSR count). The maximum atomic E-state index is 12.1. The summed E-state index contributed by atoms with van der Waals surface area (Å²) in [5.74, 6) is -0.324. The highest BCUT2D eigenvalue weighted by Crippen LogP contribution is 2.33. The number of piperidine rings is 1. The number of ether oxygens (including phenoxy) is 1. The first-order valence-electron chi connectivity index (χ1n) is 9.08. The van der Waals surface area contributed by atoms with Gasteiger partial charge in [-0.2, -0.15) is 0 Å². The SMILES string of the molecule is CCc1nnc(N2CCC(Oc3ccc4ccccc4c3)(C(=O)O)CC2)s1. The predicted octanol–water partition coefficient (Wildman–Crippen LogP) is 3.76. The minimum absolute atomic E-state index is 0.399. The monoisotopic (exact) mass is 383 g/mol. The first-order chi connectivity index (χ1) is 13.1. The van der Waals surface area contributed by atoms with Crippen LogP contribution < -0.4 is 9.64 Å². The van der Waals surface area contributed by atoms with E-state index in [-0.39, 0.29) is 0 Å². The van der Waals surface area contributed by atoms with Gasteiger partial charge in [-0.3, -0.25) is 0 Å². The number of carboxylic acids is 1. The molecular formula is C20H21N3O3S. The van der Waals surface area contributed by atoms with Gasteiger partial charge in [-0.05, 0) is 29.3 Å². The highest BCUT2D eigenvalue weighted by molar-refractivity contribution is 7.15. The van der Waals surface area contributed by atoms with Crippen LogP contribution in [0.2, 0.25) is 0 Å². The number of benzene rings is 2. The average molecular weight is 383 g/mol. The van der Waals surface area contributed by atoms with Crippen molar-refractivity contribution in [3.63, 3.8) is 0 Å². The van der Waals surface area contributed by atoms with Gasteiger partial charge in [-0.25, -0.2) is 4.79 Å². The van der Waals surface area contributed by atoms with E-state index in [1.165, 1.54) is 0 Å². The van der Waals surface area contributed by atoms with Gasteiger partial charge < -0.3 is 14.7 Å². The van der Waals surface area contributed by atoms with E-state index in [1.807, 2.05) is 49.4 Å². The van der Waals surface area contributed by atoms with Crippen molar-refractivity contribution in [2.45, 2.75) is 31.8 Å². The van der Waals surface area contributed by atoms with Gasteiger partial charge in [0.05, 0.1) is 0 Å². The molecule has 3 aromatic rings. The zero-order valence-corrected chi connectivity index (χ0v) is 15.9. The van der Waals surface area contributed by atoms with Crippen LogP contribution in [0.15, 0.2) is 42.5 Å². The maximum Gasteiger partial charge on any atom is 0.348 e. The van der Waals surface area contributed by atoms with E-state index in [1.54, 1.807) is 11.3 Å². The molecule has 0 bridgehead atoms. The normalized spacial score (nSPS) is 16.4. The molecule has 140 valence electrons. The number of carbonyl (C=O) groups is 1. The number of rotatable bonds is 5. The van der Waals surface area contributed by atoms with Gasteiger partial charge in [0.1, 0.15) is 10.8 Å². The van der Waals surface area contributed by atoms with E-state index >= 15 is 0 Å². The second-order valence-corrected chi connectivity index (χ2v) is 7.77. The van der Waals surface area contributed by atoms with Crippen LogP contribution in [0.3, 0.4) is 0 Å². The zero-order valence-electron chi connectivity index (χ0n) is 15.1. The Labute approximate surface area is 161 Å². The molecule has 0 unspecified atom stereocenters. The molecule has 0 spiro atoms. The number of hydrogen-bond donors (Lipinski definition) is 1. The molecule has 0 aliphatic carbocycles. The van der Waals surface area contributed by atoms with E-state index in [0.717, 1.165) is 27.3 Å². The smallest absolute Gasteiger partial charge is 0.348 e. The van der Waals surface area contributed by atoms with Crippen molar-refractivity contribution in [3.05, 3.63) is 47.5 Å². The lowest BCUT2D eigenvalue weighted by Gasteiger charge is -2.38. The summed E-state index contributed by atoms with van der Waals surface area (Å²) in [6.45, 7) is 3.21. The molecule has 6 nitrogen and oxygen atoms in total. The Balaban J connectivity index is 1.52. The third-order valence-corrected chi connectivity index (χ3v) is 6.15. The molecule has 1 saturated heterocycles. The van der Waals surface area contributed by atoms with Crippen LogP contribution in [-0.4, -0.2) is 40.0 Å². The minimum Gasteiger partial charge on any atom is -0.478 e. The van der Waals surface area contributed by atoms with Crippen molar-refractivity contribution in [2.24, 2.45) is 0 Å². The van der Waals surface area contributed by atoms with Crippen molar-refractivity contribution < 1.29 is 14.6 Å². The first-order valence-corrected chi connectivity index (χ1v) is 9.90. The van der Waals surface area contributed by atoms with E-state index in [0.29, 0.717) is 31.7 Å². The van der Waals surface area contributed by atoms with Crippen molar-refractivity contribution >= 4 is 33.2 Å². The molecule has 0 saturated carbocycles. The van der Waals surface area contributed by atoms with Gasteiger partial charge in [0.2, 0.25) is 10.7 Å². The van der Waals surface area contributed by atoms with Crippen molar-refractivity contribution in [2.75, 3.05) is 18.0 Å². The second-order valence-electron chi connectivity index (χ2n) is 6.73.